The van der Waals surface area contributed by atoms with Crippen LogP contribution in [0.5, 0.6) is 0 Å². The summed E-state index contributed by atoms with van der Waals surface area (Å²) in [5.41, 5.74) is 1.16. The van der Waals surface area contributed by atoms with Gasteiger partial charge < -0.3 is 5.32 Å². The van der Waals surface area contributed by atoms with Gasteiger partial charge in [-0.3, -0.25) is 4.68 Å². The summed E-state index contributed by atoms with van der Waals surface area (Å²) in [5, 5.41) is 8.76. The number of fused-ring (bicyclic) bond motifs is 1. The highest BCUT2D eigenvalue weighted by molar-refractivity contribution is 5.78. The van der Waals surface area contributed by atoms with E-state index in [0.717, 1.165) is 12.1 Å². The standard InChI is InChI=1S/C13H15N3/c1-3-8-14-9-11(2)16-13-7-5-4-6-12(13)10-15-16/h1,4-7,10-11,14H,8-9H2,2H3. The predicted molar refractivity (Wildman–Crippen MR) is 66.1 cm³/mol. The Hall–Kier alpha value is -1.79. The largest absolute Gasteiger partial charge is 0.304 e. The molecule has 0 radical (unpaired) electrons. The molecule has 1 aromatic heterocycles. The van der Waals surface area contributed by atoms with E-state index in [4.69, 9.17) is 6.42 Å². The number of nitrogens with zero attached hydrogens (tertiary/aromatic N) is 2. The molecule has 0 aliphatic carbocycles. The predicted octanol–water partition coefficient (Wildman–Crippen LogP) is 1.82. The van der Waals surface area contributed by atoms with E-state index in [1.165, 1.54) is 5.39 Å². The molecule has 1 N–H and O–H groups in total. The molecule has 1 unspecified atom stereocenters. The average Bonchev–Trinajstić information content (AvgIpc) is 2.73. The molecule has 0 saturated carbocycles. The molecule has 0 fully saturated rings. The molecule has 1 heterocycles. The molecule has 2 rings (SSSR count). The molecule has 0 bridgehead atoms. The van der Waals surface area contributed by atoms with Crippen molar-refractivity contribution in [3.8, 4) is 12.3 Å². The van der Waals surface area contributed by atoms with Gasteiger partial charge in [0.1, 0.15) is 0 Å². The number of para-hydroxylation sites is 1. The summed E-state index contributed by atoms with van der Waals surface area (Å²) >= 11 is 0. The molecule has 0 amide bonds. The minimum atomic E-state index is 0.299. The van der Waals surface area contributed by atoms with Crippen molar-refractivity contribution in [2.45, 2.75) is 13.0 Å². The second kappa shape index (κ2) is 4.82. The number of aromatic nitrogens is 2. The third-order valence-corrected chi connectivity index (χ3v) is 2.59. The lowest BCUT2D eigenvalue weighted by Gasteiger charge is -2.13. The third-order valence-electron chi connectivity index (χ3n) is 2.59. The molecule has 82 valence electrons. The van der Waals surface area contributed by atoms with Gasteiger partial charge in [-0.05, 0) is 13.0 Å². The summed E-state index contributed by atoms with van der Waals surface area (Å²) in [6.07, 6.45) is 7.08. The molecular formula is C13H15N3. The van der Waals surface area contributed by atoms with Crippen LogP contribution in [0.2, 0.25) is 0 Å². The van der Waals surface area contributed by atoms with E-state index < -0.39 is 0 Å². The summed E-state index contributed by atoms with van der Waals surface area (Å²) in [6, 6.07) is 8.51. The van der Waals surface area contributed by atoms with Crippen LogP contribution in [-0.2, 0) is 0 Å². The minimum absolute atomic E-state index is 0.299. The van der Waals surface area contributed by atoms with Crippen LogP contribution >= 0.6 is 0 Å². The summed E-state index contributed by atoms with van der Waals surface area (Å²) in [6.45, 7) is 3.56. The highest BCUT2D eigenvalue weighted by atomic mass is 15.3. The highest BCUT2D eigenvalue weighted by Gasteiger charge is 2.08. The molecule has 0 aliphatic heterocycles. The lowest BCUT2D eigenvalue weighted by atomic mass is 10.2. The van der Waals surface area contributed by atoms with Crippen molar-refractivity contribution in [2.75, 3.05) is 13.1 Å². The van der Waals surface area contributed by atoms with Crippen molar-refractivity contribution < 1.29 is 0 Å². The molecule has 0 spiro atoms. The number of nitrogens with one attached hydrogen (secondary N) is 1. The molecule has 1 aromatic carbocycles. The number of terminal acetylenes is 1. The Kier molecular flexibility index (Phi) is 3.23. The smallest absolute Gasteiger partial charge is 0.0686 e. The molecule has 0 saturated heterocycles. The van der Waals surface area contributed by atoms with Gasteiger partial charge in [0.25, 0.3) is 0 Å². The SMILES string of the molecule is C#CCNCC(C)n1ncc2ccccc21. The Balaban J connectivity index is 2.17. The zero-order valence-corrected chi connectivity index (χ0v) is 9.35. The third kappa shape index (κ3) is 2.07. The van der Waals surface area contributed by atoms with Crippen molar-refractivity contribution in [3.63, 3.8) is 0 Å². The summed E-state index contributed by atoms with van der Waals surface area (Å²) < 4.78 is 2.03. The zero-order valence-electron chi connectivity index (χ0n) is 9.35. The lowest BCUT2D eigenvalue weighted by molar-refractivity contribution is 0.478. The van der Waals surface area contributed by atoms with E-state index in [-0.39, 0.29) is 0 Å². The first-order valence-electron chi connectivity index (χ1n) is 5.39. The first-order valence-corrected chi connectivity index (χ1v) is 5.39. The van der Waals surface area contributed by atoms with Crippen molar-refractivity contribution >= 4 is 10.9 Å². The van der Waals surface area contributed by atoms with Gasteiger partial charge in [-0.1, -0.05) is 24.1 Å². The molecule has 0 aliphatic rings. The molecule has 1 atom stereocenters. The Morgan fingerprint density at radius 2 is 2.31 bits per heavy atom. The molecule has 16 heavy (non-hydrogen) atoms. The van der Waals surface area contributed by atoms with Crippen molar-refractivity contribution in [3.05, 3.63) is 30.5 Å². The summed E-state index contributed by atoms with van der Waals surface area (Å²) in [5.74, 6) is 2.56. The zero-order chi connectivity index (χ0) is 11.4. The normalized spacial score (nSPS) is 12.5. The Morgan fingerprint density at radius 1 is 1.50 bits per heavy atom. The second-order valence-electron chi connectivity index (χ2n) is 3.83. The number of hydrogen-bond donors (Lipinski definition) is 1. The first kappa shape index (κ1) is 10.7. The number of benzene rings is 1. The minimum Gasteiger partial charge on any atom is -0.304 e. The van der Waals surface area contributed by atoms with Gasteiger partial charge in [0.15, 0.2) is 0 Å². The van der Waals surface area contributed by atoms with Crippen LogP contribution in [0.15, 0.2) is 30.5 Å². The van der Waals surface area contributed by atoms with Crippen LogP contribution in [0.3, 0.4) is 0 Å². The maximum atomic E-state index is 5.19. The Labute approximate surface area is 95.5 Å². The lowest BCUT2D eigenvalue weighted by Crippen LogP contribution is -2.24. The van der Waals surface area contributed by atoms with Crippen LogP contribution in [0.4, 0.5) is 0 Å². The van der Waals surface area contributed by atoms with Crippen LogP contribution < -0.4 is 5.32 Å². The van der Waals surface area contributed by atoms with E-state index in [1.807, 2.05) is 23.0 Å². The molecule has 2 aromatic rings. The van der Waals surface area contributed by atoms with Gasteiger partial charge in [0, 0.05) is 11.9 Å². The fourth-order valence-corrected chi connectivity index (χ4v) is 1.78. The van der Waals surface area contributed by atoms with Crippen molar-refractivity contribution in [1.82, 2.24) is 15.1 Å². The van der Waals surface area contributed by atoms with E-state index in [9.17, 15) is 0 Å². The van der Waals surface area contributed by atoms with Gasteiger partial charge in [0.2, 0.25) is 0 Å². The Morgan fingerprint density at radius 3 is 3.12 bits per heavy atom. The van der Waals surface area contributed by atoms with Gasteiger partial charge >= 0.3 is 0 Å². The van der Waals surface area contributed by atoms with Gasteiger partial charge in [0.05, 0.1) is 24.3 Å². The van der Waals surface area contributed by atoms with Gasteiger partial charge in [-0.2, -0.15) is 5.10 Å². The van der Waals surface area contributed by atoms with Crippen LogP contribution in [0.1, 0.15) is 13.0 Å². The van der Waals surface area contributed by atoms with Crippen LogP contribution in [0.25, 0.3) is 10.9 Å². The van der Waals surface area contributed by atoms with Gasteiger partial charge in [-0.25, -0.2) is 0 Å². The van der Waals surface area contributed by atoms with E-state index >= 15 is 0 Å². The monoisotopic (exact) mass is 213 g/mol. The maximum absolute atomic E-state index is 5.19. The number of hydrogen-bond acceptors (Lipinski definition) is 2. The fourth-order valence-electron chi connectivity index (χ4n) is 1.78. The van der Waals surface area contributed by atoms with Crippen LogP contribution in [-0.4, -0.2) is 22.9 Å². The number of rotatable bonds is 4. The first-order chi connectivity index (χ1) is 7.83. The van der Waals surface area contributed by atoms with Crippen LogP contribution in [0, 0.1) is 12.3 Å². The highest BCUT2D eigenvalue weighted by Crippen LogP contribution is 2.16. The molecule has 3 nitrogen and oxygen atoms in total. The topological polar surface area (TPSA) is 29.9 Å². The van der Waals surface area contributed by atoms with E-state index in [2.05, 4.69) is 35.4 Å². The maximum Gasteiger partial charge on any atom is 0.0686 e. The second-order valence-corrected chi connectivity index (χ2v) is 3.83. The van der Waals surface area contributed by atoms with Crippen molar-refractivity contribution in [2.24, 2.45) is 0 Å². The summed E-state index contributed by atoms with van der Waals surface area (Å²) in [7, 11) is 0. The molecular weight excluding hydrogens is 198 g/mol. The van der Waals surface area contributed by atoms with E-state index in [1.54, 1.807) is 0 Å². The Bertz CT molecular complexity index is 507. The fraction of sp³-hybridized carbons (Fsp3) is 0.308. The van der Waals surface area contributed by atoms with Crippen molar-refractivity contribution in [1.29, 1.82) is 0 Å². The summed E-state index contributed by atoms with van der Waals surface area (Å²) in [4.78, 5) is 0. The van der Waals surface area contributed by atoms with E-state index in [0.29, 0.717) is 12.6 Å². The van der Waals surface area contributed by atoms with Gasteiger partial charge in [-0.15, -0.1) is 6.42 Å². The average molecular weight is 213 g/mol. The quantitative estimate of drug-likeness (QED) is 0.620. The molecule has 3 heteroatoms.